The van der Waals surface area contributed by atoms with Crippen LogP contribution < -0.4 is 10.1 Å². The molecule has 1 aliphatic rings. The second kappa shape index (κ2) is 7.43. The number of nitrogens with one attached hydrogen (secondary N) is 1. The molecule has 0 spiro atoms. The Labute approximate surface area is 159 Å². The fourth-order valence-corrected chi connectivity index (χ4v) is 3.71. The van der Waals surface area contributed by atoms with Crippen LogP contribution in [0.5, 0.6) is 5.75 Å². The molecule has 4 rings (SSSR count). The third-order valence-electron chi connectivity index (χ3n) is 5.18. The van der Waals surface area contributed by atoms with Crippen LogP contribution in [-0.2, 0) is 19.5 Å². The van der Waals surface area contributed by atoms with Gasteiger partial charge >= 0.3 is 0 Å². The van der Waals surface area contributed by atoms with E-state index in [2.05, 4.69) is 16.8 Å². The summed E-state index contributed by atoms with van der Waals surface area (Å²) in [6, 6.07) is 13.6. The zero-order valence-corrected chi connectivity index (χ0v) is 15.9. The summed E-state index contributed by atoms with van der Waals surface area (Å²) < 4.78 is 7.91. The number of nitrogens with zero attached hydrogens (tertiary/aromatic N) is 2. The topological polar surface area (TPSA) is 56.1 Å². The SMILES string of the molecule is CCOc1ccccc1CNC(=O)c1ccc2c(c1)nc1n2CC[C@H](C)C1. The number of hydrogen-bond donors (Lipinski definition) is 1. The maximum Gasteiger partial charge on any atom is 0.251 e. The van der Waals surface area contributed by atoms with Crippen molar-refractivity contribution in [2.45, 2.75) is 39.8 Å². The number of rotatable bonds is 5. The van der Waals surface area contributed by atoms with Crippen LogP contribution in [0, 0.1) is 5.92 Å². The molecule has 1 aromatic heterocycles. The molecule has 0 bridgehead atoms. The quantitative estimate of drug-likeness (QED) is 0.747. The molecular formula is C22H25N3O2. The van der Waals surface area contributed by atoms with Crippen molar-refractivity contribution in [3.8, 4) is 5.75 Å². The molecule has 0 saturated heterocycles. The van der Waals surface area contributed by atoms with E-state index in [9.17, 15) is 4.79 Å². The zero-order valence-electron chi connectivity index (χ0n) is 15.9. The summed E-state index contributed by atoms with van der Waals surface area (Å²) in [5, 5.41) is 2.99. The first-order valence-corrected chi connectivity index (χ1v) is 9.63. The Bertz CT molecular complexity index is 977. The fraction of sp³-hybridized carbons (Fsp3) is 0.364. The van der Waals surface area contributed by atoms with Gasteiger partial charge in [-0.15, -0.1) is 0 Å². The van der Waals surface area contributed by atoms with E-state index in [1.54, 1.807) is 0 Å². The molecule has 2 aromatic carbocycles. The average Bonchev–Trinajstić information content (AvgIpc) is 3.03. The molecule has 1 aliphatic heterocycles. The lowest BCUT2D eigenvalue weighted by Crippen LogP contribution is -2.23. The lowest BCUT2D eigenvalue weighted by atomic mass is 10.0. The highest BCUT2D eigenvalue weighted by molar-refractivity contribution is 5.97. The van der Waals surface area contributed by atoms with Crippen LogP contribution in [-0.4, -0.2) is 22.1 Å². The Hall–Kier alpha value is -2.82. The van der Waals surface area contributed by atoms with E-state index in [1.165, 1.54) is 6.42 Å². The minimum absolute atomic E-state index is 0.0949. The van der Waals surface area contributed by atoms with Gasteiger partial charge in [-0.05, 0) is 43.5 Å². The van der Waals surface area contributed by atoms with Crippen molar-refractivity contribution in [3.05, 3.63) is 59.4 Å². The van der Waals surface area contributed by atoms with Crippen molar-refractivity contribution in [2.24, 2.45) is 5.92 Å². The van der Waals surface area contributed by atoms with Crippen LogP contribution in [0.4, 0.5) is 0 Å². The summed E-state index contributed by atoms with van der Waals surface area (Å²) in [7, 11) is 0. The van der Waals surface area contributed by atoms with Crippen LogP contribution in [0.15, 0.2) is 42.5 Å². The largest absolute Gasteiger partial charge is 0.494 e. The normalized spacial score (nSPS) is 16.1. The molecular weight excluding hydrogens is 338 g/mol. The third-order valence-corrected chi connectivity index (χ3v) is 5.18. The lowest BCUT2D eigenvalue weighted by Gasteiger charge is -2.20. The smallest absolute Gasteiger partial charge is 0.251 e. The number of hydrogen-bond acceptors (Lipinski definition) is 3. The van der Waals surface area contributed by atoms with Crippen LogP contribution in [0.25, 0.3) is 11.0 Å². The number of aryl methyl sites for hydroxylation is 1. The maximum atomic E-state index is 12.6. The molecule has 0 saturated carbocycles. The predicted octanol–water partition coefficient (Wildman–Crippen LogP) is 3.95. The van der Waals surface area contributed by atoms with Gasteiger partial charge in [-0.25, -0.2) is 4.98 Å². The van der Waals surface area contributed by atoms with Gasteiger partial charge in [-0.2, -0.15) is 0 Å². The summed E-state index contributed by atoms with van der Waals surface area (Å²) in [5.74, 6) is 2.52. The molecule has 140 valence electrons. The summed E-state index contributed by atoms with van der Waals surface area (Å²) >= 11 is 0. The van der Waals surface area contributed by atoms with Gasteiger partial charge in [0.2, 0.25) is 0 Å². The molecule has 27 heavy (non-hydrogen) atoms. The summed E-state index contributed by atoms with van der Waals surface area (Å²) in [6.45, 7) is 6.26. The number of imidazole rings is 1. The van der Waals surface area contributed by atoms with E-state index in [0.29, 0.717) is 24.6 Å². The number of para-hydroxylation sites is 1. The van der Waals surface area contributed by atoms with Gasteiger partial charge in [0, 0.05) is 30.6 Å². The first-order chi connectivity index (χ1) is 13.2. The standard InChI is InChI=1S/C22H25N3O2/c1-3-27-20-7-5-4-6-17(20)14-23-22(26)16-8-9-19-18(13-16)24-21-12-15(2)10-11-25(19)21/h4-9,13,15H,3,10-12,14H2,1-2H3,(H,23,26)/t15-/m0/s1. The molecule has 0 aliphatic carbocycles. The number of aromatic nitrogens is 2. The van der Waals surface area contributed by atoms with Crippen molar-refractivity contribution >= 4 is 16.9 Å². The minimum Gasteiger partial charge on any atom is -0.494 e. The molecule has 1 N–H and O–H groups in total. The number of amides is 1. The summed E-state index contributed by atoms with van der Waals surface area (Å²) in [4.78, 5) is 17.4. The van der Waals surface area contributed by atoms with Gasteiger partial charge in [0.1, 0.15) is 11.6 Å². The number of fused-ring (bicyclic) bond motifs is 3. The van der Waals surface area contributed by atoms with E-state index in [-0.39, 0.29) is 5.91 Å². The summed E-state index contributed by atoms with van der Waals surface area (Å²) in [6.07, 6.45) is 2.18. The van der Waals surface area contributed by atoms with Gasteiger partial charge in [0.25, 0.3) is 5.91 Å². The van der Waals surface area contributed by atoms with Gasteiger partial charge in [-0.1, -0.05) is 25.1 Å². The Morgan fingerprint density at radius 3 is 3.00 bits per heavy atom. The average molecular weight is 363 g/mol. The van der Waals surface area contributed by atoms with E-state index in [0.717, 1.165) is 41.1 Å². The van der Waals surface area contributed by atoms with Crippen molar-refractivity contribution in [1.82, 2.24) is 14.9 Å². The Kier molecular flexibility index (Phi) is 4.84. The molecule has 1 atom stereocenters. The van der Waals surface area contributed by atoms with Crippen LogP contribution >= 0.6 is 0 Å². The minimum atomic E-state index is -0.0949. The van der Waals surface area contributed by atoms with Gasteiger partial charge < -0.3 is 14.6 Å². The Morgan fingerprint density at radius 2 is 2.15 bits per heavy atom. The van der Waals surface area contributed by atoms with E-state index in [1.807, 2.05) is 49.4 Å². The first kappa shape index (κ1) is 17.6. The molecule has 0 unspecified atom stereocenters. The fourth-order valence-electron chi connectivity index (χ4n) is 3.71. The van der Waals surface area contributed by atoms with Crippen LogP contribution in [0.1, 0.15) is 42.0 Å². The third kappa shape index (κ3) is 3.54. The highest BCUT2D eigenvalue weighted by Gasteiger charge is 2.19. The van der Waals surface area contributed by atoms with Crippen LogP contribution in [0.3, 0.4) is 0 Å². The monoisotopic (exact) mass is 363 g/mol. The van der Waals surface area contributed by atoms with Crippen LogP contribution in [0.2, 0.25) is 0 Å². The van der Waals surface area contributed by atoms with Gasteiger partial charge in [-0.3, -0.25) is 4.79 Å². The number of carbonyl (C=O) groups is 1. The van der Waals surface area contributed by atoms with Gasteiger partial charge in [0.15, 0.2) is 0 Å². The van der Waals surface area contributed by atoms with Crippen molar-refractivity contribution in [3.63, 3.8) is 0 Å². The highest BCUT2D eigenvalue weighted by atomic mass is 16.5. The lowest BCUT2D eigenvalue weighted by molar-refractivity contribution is 0.0950. The molecule has 0 fully saturated rings. The number of benzene rings is 2. The second-order valence-corrected chi connectivity index (χ2v) is 7.20. The predicted molar refractivity (Wildman–Crippen MR) is 106 cm³/mol. The van der Waals surface area contributed by atoms with Crippen molar-refractivity contribution < 1.29 is 9.53 Å². The first-order valence-electron chi connectivity index (χ1n) is 9.63. The molecule has 2 heterocycles. The highest BCUT2D eigenvalue weighted by Crippen LogP contribution is 2.26. The maximum absolute atomic E-state index is 12.6. The Morgan fingerprint density at radius 1 is 1.30 bits per heavy atom. The molecule has 1 amide bonds. The van der Waals surface area contributed by atoms with E-state index >= 15 is 0 Å². The van der Waals surface area contributed by atoms with E-state index in [4.69, 9.17) is 9.72 Å². The Balaban J connectivity index is 1.52. The molecule has 5 heteroatoms. The zero-order chi connectivity index (χ0) is 18.8. The van der Waals surface area contributed by atoms with Gasteiger partial charge in [0.05, 0.1) is 17.6 Å². The molecule has 5 nitrogen and oxygen atoms in total. The molecule has 3 aromatic rings. The van der Waals surface area contributed by atoms with E-state index < -0.39 is 0 Å². The molecule has 0 radical (unpaired) electrons. The van der Waals surface area contributed by atoms with Crippen molar-refractivity contribution in [1.29, 1.82) is 0 Å². The van der Waals surface area contributed by atoms with Crippen molar-refractivity contribution in [2.75, 3.05) is 6.61 Å². The number of ether oxygens (including phenoxy) is 1. The summed E-state index contributed by atoms with van der Waals surface area (Å²) in [5.41, 5.74) is 3.64. The second-order valence-electron chi connectivity index (χ2n) is 7.20. The number of carbonyl (C=O) groups excluding carboxylic acids is 1.